The third-order valence-corrected chi connectivity index (χ3v) is 6.04. The average Bonchev–Trinajstić information content (AvgIpc) is 2.84. The molecule has 0 saturated carbocycles. The van der Waals surface area contributed by atoms with Gasteiger partial charge in [0.1, 0.15) is 5.75 Å². The first kappa shape index (κ1) is 25.8. The summed E-state index contributed by atoms with van der Waals surface area (Å²) in [5.41, 5.74) is 2.00. The van der Waals surface area contributed by atoms with Gasteiger partial charge in [-0.15, -0.1) is 0 Å². The minimum atomic E-state index is -0.308. The average molecular weight is 488 g/mol. The molecule has 1 fully saturated rings. The van der Waals surface area contributed by atoms with Crippen molar-refractivity contribution in [1.29, 1.82) is 0 Å². The summed E-state index contributed by atoms with van der Waals surface area (Å²) in [5.74, 6) is 0.781. The molecule has 0 radical (unpaired) electrons. The van der Waals surface area contributed by atoms with E-state index in [0.29, 0.717) is 47.7 Å². The van der Waals surface area contributed by atoms with Crippen LogP contribution in [-0.2, 0) is 9.53 Å². The molecule has 1 aliphatic heterocycles. The maximum Gasteiger partial charge on any atom is 0.262 e. The number of nitrogens with one attached hydrogen (secondary N) is 2. The number of ether oxygens (including phenoxy) is 2. The number of hydrogen-bond donors (Lipinski definition) is 2. The summed E-state index contributed by atoms with van der Waals surface area (Å²) in [4.78, 5) is 27.8. The van der Waals surface area contributed by atoms with Crippen LogP contribution in [0.2, 0.25) is 5.02 Å². The lowest BCUT2D eigenvalue weighted by Gasteiger charge is -2.33. The molecule has 0 aliphatic carbocycles. The molecular weight excluding hydrogens is 454 g/mol. The van der Waals surface area contributed by atoms with Gasteiger partial charge in [-0.3, -0.25) is 9.59 Å². The molecule has 2 N–H and O–H groups in total. The van der Waals surface area contributed by atoms with Gasteiger partial charge < -0.3 is 25.0 Å². The second-order valence-corrected chi connectivity index (χ2v) is 8.94. The summed E-state index contributed by atoms with van der Waals surface area (Å²) in [6, 6.07) is 12.3. The van der Waals surface area contributed by atoms with Crippen molar-refractivity contribution in [3.8, 4) is 5.75 Å². The van der Waals surface area contributed by atoms with Crippen molar-refractivity contribution in [2.24, 2.45) is 5.92 Å². The molecule has 0 spiro atoms. The fraction of sp³-hybridized carbons (Fsp3) is 0.462. The fourth-order valence-corrected chi connectivity index (χ4v) is 3.94. The van der Waals surface area contributed by atoms with Gasteiger partial charge >= 0.3 is 0 Å². The van der Waals surface area contributed by atoms with E-state index in [1.165, 1.54) is 0 Å². The largest absolute Gasteiger partial charge is 0.484 e. The number of anilines is 2. The molecular formula is C26H34ClN3O4. The Morgan fingerprint density at radius 1 is 1.12 bits per heavy atom. The monoisotopic (exact) mass is 487 g/mol. The van der Waals surface area contributed by atoms with Gasteiger partial charge in [0.05, 0.1) is 5.56 Å². The number of carbonyl (C=O) groups excluding carboxylic acids is 2. The number of piperidine rings is 1. The standard InChI is InChI=1S/C26H34ClN3O4/c1-3-33-16-4-13-28-26(32)23-17-21(7-10-24(23)30-14-11-19(2)12-15-30)29-25(31)18-34-22-8-5-20(27)6-9-22/h5-10,17,19H,3-4,11-16,18H2,1-2H3,(H,28,32)(H,29,31). The van der Waals surface area contributed by atoms with Gasteiger partial charge in [0.15, 0.2) is 6.61 Å². The predicted octanol–water partition coefficient (Wildman–Crippen LogP) is 4.75. The quantitative estimate of drug-likeness (QED) is 0.447. The molecule has 2 amide bonds. The van der Waals surface area contributed by atoms with Crippen molar-refractivity contribution in [1.82, 2.24) is 5.32 Å². The molecule has 2 aromatic rings. The summed E-state index contributed by atoms with van der Waals surface area (Å²) >= 11 is 5.87. The predicted molar refractivity (Wildman–Crippen MR) is 136 cm³/mol. The first-order valence-corrected chi connectivity index (χ1v) is 12.3. The molecule has 184 valence electrons. The molecule has 3 rings (SSSR count). The van der Waals surface area contributed by atoms with Gasteiger partial charge in [-0.25, -0.2) is 0 Å². The van der Waals surface area contributed by atoms with Gasteiger partial charge in [-0.05, 0) is 74.6 Å². The smallest absolute Gasteiger partial charge is 0.262 e. The SMILES string of the molecule is CCOCCCNC(=O)c1cc(NC(=O)COc2ccc(Cl)cc2)ccc1N1CCC(C)CC1. The van der Waals surface area contributed by atoms with Crippen molar-refractivity contribution in [2.75, 3.05) is 49.7 Å². The van der Waals surface area contributed by atoms with E-state index in [1.54, 1.807) is 30.3 Å². The molecule has 0 bridgehead atoms. The Kier molecular flexibility index (Phi) is 10.0. The summed E-state index contributed by atoms with van der Waals surface area (Å²) < 4.78 is 10.9. The van der Waals surface area contributed by atoms with E-state index < -0.39 is 0 Å². The molecule has 1 aliphatic rings. The van der Waals surface area contributed by atoms with Gasteiger partial charge in [0, 0.05) is 49.2 Å². The summed E-state index contributed by atoms with van der Waals surface area (Å²) in [6.45, 7) is 7.68. The minimum Gasteiger partial charge on any atom is -0.484 e. The molecule has 1 saturated heterocycles. The van der Waals surface area contributed by atoms with E-state index in [-0.39, 0.29) is 18.4 Å². The number of amides is 2. The number of hydrogen-bond acceptors (Lipinski definition) is 5. The van der Waals surface area contributed by atoms with Crippen LogP contribution in [0, 0.1) is 5.92 Å². The highest BCUT2D eigenvalue weighted by molar-refractivity contribution is 6.30. The van der Waals surface area contributed by atoms with Crippen LogP contribution in [0.5, 0.6) is 5.75 Å². The van der Waals surface area contributed by atoms with E-state index in [2.05, 4.69) is 22.5 Å². The molecule has 0 atom stereocenters. The lowest BCUT2D eigenvalue weighted by Crippen LogP contribution is -2.35. The van der Waals surface area contributed by atoms with Crippen LogP contribution in [0.4, 0.5) is 11.4 Å². The zero-order chi connectivity index (χ0) is 24.3. The van der Waals surface area contributed by atoms with E-state index in [4.69, 9.17) is 21.1 Å². The lowest BCUT2D eigenvalue weighted by atomic mass is 9.97. The fourth-order valence-electron chi connectivity index (χ4n) is 3.81. The highest BCUT2D eigenvalue weighted by Crippen LogP contribution is 2.29. The van der Waals surface area contributed by atoms with Crippen LogP contribution in [0.15, 0.2) is 42.5 Å². The number of halogens is 1. The first-order valence-electron chi connectivity index (χ1n) is 11.9. The first-order chi connectivity index (χ1) is 16.5. The highest BCUT2D eigenvalue weighted by Gasteiger charge is 2.22. The number of rotatable bonds is 11. The Hall–Kier alpha value is -2.77. The molecule has 8 heteroatoms. The number of benzene rings is 2. The Bertz CT molecular complexity index is 944. The van der Waals surface area contributed by atoms with Crippen molar-refractivity contribution in [2.45, 2.75) is 33.1 Å². The molecule has 0 aromatic heterocycles. The number of carbonyl (C=O) groups is 2. The van der Waals surface area contributed by atoms with Crippen LogP contribution in [0.3, 0.4) is 0 Å². The summed E-state index contributed by atoms with van der Waals surface area (Å²) in [6.07, 6.45) is 2.93. The van der Waals surface area contributed by atoms with Crippen molar-refractivity contribution >= 4 is 34.8 Å². The van der Waals surface area contributed by atoms with E-state index in [9.17, 15) is 9.59 Å². The Morgan fingerprint density at radius 2 is 1.85 bits per heavy atom. The van der Waals surface area contributed by atoms with E-state index in [1.807, 2.05) is 19.1 Å². The van der Waals surface area contributed by atoms with Crippen molar-refractivity contribution in [3.05, 3.63) is 53.1 Å². The van der Waals surface area contributed by atoms with Crippen molar-refractivity contribution in [3.63, 3.8) is 0 Å². The molecule has 2 aromatic carbocycles. The van der Waals surface area contributed by atoms with E-state index in [0.717, 1.165) is 38.0 Å². The third kappa shape index (κ3) is 7.92. The molecule has 1 heterocycles. The van der Waals surface area contributed by atoms with Crippen LogP contribution in [0.1, 0.15) is 43.5 Å². The molecule has 0 unspecified atom stereocenters. The normalized spacial score (nSPS) is 14.0. The van der Waals surface area contributed by atoms with Gasteiger partial charge in [0.25, 0.3) is 11.8 Å². The maximum atomic E-state index is 13.1. The second-order valence-electron chi connectivity index (χ2n) is 8.50. The highest BCUT2D eigenvalue weighted by atomic mass is 35.5. The lowest BCUT2D eigenvalue weighted by molar-refractivity contribution is -0.118. The topological polar surface area (TPSA) is 79.9 Å². The maximum absolute atomic E-state index is 13.1. The van der Waals surface area contributed by atoms with Crippen LogP contribution in [0.25, 0.3) is 0 Å². The number of nitrogens with zero attached hydrogens (tertiary/aromatic N) is 1. The Morgan fingerprint density at radius 3 is 2.56 bits per heavy atom. The van der Waals surface area contributed by atoms with Gasteiger partial charge in [-0.2, -0.15) is 0 Å². The van der Waals surface area contributed by atoms with Crippen molar-refractivity contribution < 1.29 is 19.1 Å². The van der Waals surface area contributed by atoms with Crippen LogP contribution < -0.4 is 20.3 Å². The van der Waals surface area contributed by atoms with Gasteiger partial charge in [0.2, 0.25) is 0 Å². The zero-order valence-corrected chi connectivity index (χ0v) is 20.7. The Balaban J connectivity index is 1.67. The summed E-state index contributed by atoms with van der Waals surface area (Å²) in [5, 5.41) is 6.42. The third-order valence-electron chi connectivity index (χ3n) is 5.79. The van der Waals surface area contributed by atoms with Gasteiger partial charge in [-0.1, -0.05) is 18.5 Å². The minimum absolute atomic E-state index is 0.146. The summed E-state index contributed by atoms with van der Waals surface area (Å²) in [7, 11) is 0. The van der Waals surface area contributed by atoms with Crippen LogP contribution in [-0.4, -0.2) is 51.3 Å². The van der Waals surface area contributed by atoms with Crippen LogP contribution >= 0.6 is 11.6 Å². The zero-order valence-electron chi connectivity index (χ0n) is 19.9. The molecule has 34 heavy (non-hydrogen) atoms. The molecule has 7 nitrogen and oxygen atoms in total. The van der Waals surface area contributed by atoms with E-state index >= 15 is 0 Å². The Labute approximate surface area is 206 Å². The second kappa shape index (κ2) is 13.2.